The van der Waals surface area contributed by atoms with Crippen molar-refractivity contribution < 1.29 is 5.11 Å². The second-order valence-corrected chi connectivity index (χ2v) is 6.71. The summed E-state index contributed by atoms with van der Waals surface area (Å²) in [6, 6.07) is 11.8. The maximum Gasteiger partial charge on any atom is 0.116 e. The maximum absolute atomic E-state index is 9.68. The van der Waals surface area contributed by atoms with E-state index in [1.165, 1.54) is 0 Å². The highest BCUT2D eigenvalue weighted by atomic mass is 35.5. The number of nitrogens with zero attached hydrogens (tertiary/aromatic N) is 1. The Balaban J connectivity index is 2.76. The fourth-order valence-electron chi connectivity index (χ4n) is 2.37. The molecule has 0 saturated heterocycles. The first-order chi connectivity index (χ1) is 12.3. The summed E-state index contributed by atoms with van der Waals surface area (Å²) in [6.07, 6.45) is 1.65. The molecule has 2 aromatic carbocycles. The van der Waals surface area contributed by atoms with Gasteiger partial charge >= 0.3 is 0 Å². The van der Waals surface area contributed by atoms with E-state index < -0.39 is 0 Å². The number of halogens is 3. The van der Waals surface area contributed by atoms with Crippen LogP contribution in [-0.4, -0.2) is 5.11 Å². The van der Waals surface area contributed by atoms with Crippen molar-refractivity contribution in [1.82, 2.24) is 0 Å². The van der Waals surface area contributed by atoms with Crippen LogP contribution in [0.25, 0.3) is 11.1 Å². The zero-order valence-electron chi connectivity index (χ0n) is 13.9. The molecular weight excluding hydrogens is 391 g/mol. The van der Waals surface area contributed by atoms with Gasteiger partial charge in [0.15, 0.2) is 0 Å². The molecule has 0 bridgehead atoms. The van der Waals surface area contributed by atoms with Crippen LogP contribution in [-0.2, 0) is 0 Å². The van der Waals surface area contributed by atoms with E-state index in [-0.39, 0.29) is 16.3 Å². The molecule has 2 aromatic rings. The summed E-state index contributed by atoms with van der Waals surface area (Å²) in [5, 5.41) is 20.1. The topological polar surface area (TPSA) is 70.0 Å². The summed E-state index contributed by atoms with van der Waals surface area (Å²) in [6.45, 7) is 5.62. The molecule has 0 spiro atoms. The average molecular weight is 406 g/mol. The summed E-state index contributed by atoms with van der Waals surface area (Å²) in [5.74, 6) is 0.100. The van der Waals surface area contributed by atoms with Crippen molar-refractivity contribution in [3.8, 4) is 11.8 Å². The van der Waals surface area contributed by atoms with Gasteiger partial charge in [0.2, 0.25) is 0 Å². The second-order valence-electron chi connectivity index (χ2n) is 5.52. The van der Waals surface area contributed by atoms with E-state index in [4.69, 9.17) is 40.5 Å². The third kappa shape index (κ3) is 4.23. The molecule has 0 fully saturated rings. The lowest BCUT2D eigenvalue weighted by Gasteiger charge is -2.14. The van der Waals surface area contributed by atoms with E-state index in [9.17, 15) is 10.4 Å². The SMILES string of the molecule is C=C(/C=C(\C(C#N)=C(\C)N)c1c(Cl)ccc(Cl)c1Cl)c1cccc(O)c1. The lowest BCUT2D eigenvalue weighted by molar-refractivity contribution is 0.475. The Labute approximate surface area is 167 Å². The largest absolute Gasteiger partial charge is 0.508 e. The minimum atomic E-state index is 0.100. The molecule has 0 aliphatic rings. The Morgan fingerprint density at radius 1 is 1.19 bits per heavy atom. The van der Waals surface area contributed by atoms with E-state index in [0.29, 0.717) is 38.0 Å². The van der Waals surface area contributed by atoms with Gasteiger partial charge in [-0.2, -0.15) is 5.26 Å². The van der Waals surface area contributed by atoms with Crippen LogP contribution in [0.3, 0.4) is 0 Å². The summed E-state index contributed by atoms with van der Waals surface area (Å²) in [4.78, 5) is 0. The Bertz CT molecular complexity index is 981. The molecule has 0 radical (unpaired) electrons. The lowest BCUT2D eigenvalue weighted by Crippen LogP contribution is -2.01. The average Bonchev–Trinajstić information content (AvgIpc) is 2.58. The molecule has 6 heteroatoms. The van der Waals surface area contributed by atoms with Gasteiger partial charge in [0.05, 0.1) is 20.6 Å². The number of nitriles is 1. The highest BCUT2D eigenvalue weighted by molar-refractivity contribution is 6.45. The molecule has 0 unspecified atom stereocenters. The van der Waals surface area contributed by atoms with Crippen LogP contribution in [0, 0.1) is 11.3 Å². The number of benzene rings is 2. The molecule has 0 heterocycles. The van der Waals surface area contributed by atoms with Gasteiger partial charge < -0.3 is 10.8 Å². The number of hydrogen-bond acceptors (Lipinski definition) is 3. The molecular formula is C20H15Cl3N2O. The van der Waals surface area contributed by atoms with Gasteiger partial charge in [-0.25, -0.2) is 0 Å². The van der Waals surface area contributed by atoms with Gasteiger partial charge in [0.1, 0.15) is 11.8 Å². The molecule has 0 amide bonds. The van der Waals surface area contributed by atoms with E-state index >= 15 is 0 Å². The number of rotatable bonds is 4. The number of phenols is 1. The van der Waals surface area contributed by atoms with Crippen molar-refractivity contribution in [2.45, 2.75) is 6.92 Å². The minimum absolute atomic E-state index is 0.100. The molecule has 132 valence electrons. The van der Waals surface area contributed by atoms with Crippen molar-refractivity contribution in [3.63, 3.8) is 0 Å². The number of aromatic hydroxyl groups is 1. The third-order valence-electron chi connectivity index (χ3n) is 3.62. The van der Waals surface area contributed by atoms with Crippen molar-refractivity contribution in [2.75, 3.05) is 0 Å². The Kier molecular flexibility index (Phi) is 6.39. The first-order valence-electron chi connectivity index (χ1n) is 7.47. The van der Waals surface area contributed by atoms with Crippen LogP contribution in [0.4, 0.5) is 0 Å². The lowest BCUT2D eigenvalue weighted by atomic mass is 9.93. The quantitative estimate of drug-likeness (QED) is 0.361. The summed E-state index contributed by atoms with van der Waals surface area (Å²) in [5.41, 5.74) is 8.40. The summed E-state index contributed by atoms with van der Waals surface area (Å²) < 4.78 is 0. The Morgan fingerprint density at radius 2 is 1.85 bits per heavy atom. The highest BCUT2D eigenvalue weighted by Gasteiger charge is 2.19. The second kappa shape index (κ2) is 8.33. The molecule has 3 N–H and O–H groups in total. The van der Waals surface area contributed by atoms with E-state index in [1.807, 2.05) is 0 Å². The molecule has 0 aromatic heterocycles. The van der Waals surface area contributed by atoms with Crippen LogP contribution in [0.2, 0.25) is 15.1 Å². The molecule has 0 aliphatic heterocycles. The van der Waals surface area contributed by atoms with Crippen LogP contribution in [0.1, 0.15) is 18.1 Å². The fourth-order valence-corrected chi connectivity index (χ4v) is 3.10. The van der Waals surface area contributed by atoms with Gasteiger partial charge in [0, 0.05) is 16.8 Å². The van der Waals surface area contributed by atoms with Crippen LogP contribution < -0.4 is 5.73 Å². The number of nitrogens with two attached hydrogens (primary N) is 1. The van der Waals surface area contributed by atoms with Gasteiger partial charge in [-0.15, -0.1) is 0 Å². The van der Waals surface area contributed by atoms with E-state index in [1.54, 1.807) is 49.4 Å². The van der Waals surface area contributed by atoms with Crippen molar-refractivity contribution >= 4 is 45.9 Å². The first-order valence-corrected chi connectivity index (χ1v) is 8.60. The number of hydrogen-bond donors (Lipinski definition) is 2. The molecule has 3 nitrogen and oxygen atoms in total. The third-order valence-corrected chi connectivity index (χ3v) is 4.74. The Hall–Kier alpha value is -2.38. The first kappa shape index (κ1) is 19.9. The monoisotopic (exact) mass is 404 g/mol. The summed E-state index contributed by atoms with van der Waals surface area (Å²) >= 11 is 18.8. The standard InChI is InChI=1S/C20H15Cl3N2O/c1-11(13-4-3-5-14(26)9-13)8-15(16(10-24)12(2)25)19-17(21)6-7-18(22)20(19)23/h3-9,26H,1,25H2,2H3/b15-8+,16-12-. The van der Waals surface area contributed by atoms with Crippen molar-refractivity contribution in [2.24, 2.45) is 5.73 Å². The Morgan fingerprint density at radius 3 is 2.42 bits per heavy atom. The van der Waals surface area contributed by atoms with Gasteiger partial charge in [-0.05, 0) is 48.4 Å². The highest BCUT2D eigenvalue weighted by Crippen LogP contribution is 2.40. The van der Waals surface area contributed by atoms with Gasteiger partial charge in [0.25, 0.3) is 0 Å². The fraction of sp³-hybridized carbons (Fsp3) is 0.0500. The smallest absolute Gasteiger partial charge is 0.116 e. The normalized spacial score (nSPS) is 12.3. The predicted octanol–water partition coefficient (Wildman–Crippen LogP) is 6.21. The maximum atomic E-state index is 9.68. The predicted molar refractivity (Wildman–Crippen MR) is 109 cm³/mol. The minimum Gasteiger partial charge on any atom is -0.508 e. The van der Waals surface area contributed by atoms with Crippen molar-refractivity contribution in [3.05, 3.63) is 86.5 Å². The van der Waals surface area contributed by atoms with Crippen LogP contribution in [0.15, 0.2) is 60.3 Å². The van der Waals surface area contributed by atoms with Crippen LogP contribution >= 0.6 is 34.8 Å². The van der Waals surface area contributed by atoms with Gasteiger partial charge in [-0.1, -0.05) is 53.5 Å². The molecule has 0 atom stereocenters. The molecule has 2 rings (SSSR count). The van der Waals surface area contributed by atoms with E-state index in [0.717, 1.165) is 0 Å². The number of phenolic OH excluding ortho intramolecular Hbond substituents is 1. The zero-order chi connectivity index (χ0) is 19.4. The van der Waals surface area contributed by atoms with Gasteiger partial charge in [-0.3, -0.25) is 0 Å². The molecule has 0 saturated carbocycles. The zero-order valence-corrected chi connectivity index (χ0v) is 16.1. The summed E-state index contributed by atoms with van der Waals surface area (Å²) in [7, 11) is 0. The van der Waals surface area contributed by atoms with E-state index in [2.05, 4.69) is 12.6 Å². The number of allylic oxidation sites excluding steroid dienone is 5. The molecule has 26 heavy (non-hydrogen) atoms. The van der Waals surface area contributed by atoms with Crippen molar-refractivity contribution in [1.29, 1.82) is 5.26 Å². The molecule has 0 aliphatic carbocycles. The van der Waals surface area contributed by atoms with Crippen LogP contribution in [0.5, 0.6) is 5.75 Å².